The molecule has 2 N–H and O–H groups in total. The topological polar surface area (TPSA) is 70.1 Å². The summed E-state index contributed by atoms with van der Waals surface area (Å²) in [5.41, 5.74) is 5.51. The maximum Gasteiger partial charge on any atom is 0.240 e. The average Bonchev–Trinajstić information content (AvgIpc) is 2.76. The Morgan fingerprint density at radius 1 is 1.69 bits per heavy atom. The van der Waals surface area contributed by atoms with Crippen molar-refractivity contribution in [3.05, 3.63) is 0 Å². The molecule has 4 atom stereocenters. The van der Waals surface area contributed by atoms with Crippen molar-refractivity contribution in [2.45, 2.75) is 37.9 Å². The van der Waals surface area contributed by atoms with Gasteiger partial charge in [0.25, 0.3) is 0 Å². The molecule has 1 heterocycles. The van der Waals surface area contributed by atoms with E-state index in [-0.39, 0.29) is 11.9 Å². The van der Waals surface area contributed by atoms with E-state index < -0.39 is 6.04 Å². The van der Waals surface area contributed by atoms with Gasteiger partial charge in [-0.25, -0.2) is 0 Å². The second-order valence-electron chi connectivity index (χ2n) is 3.98. The first-order valence-electron chi connectivity index (χ1n) is 4.62. The van der Waals surface area contributed by atoms with Gasteiger partial charge < -0.3 is 10.6 Å². The van der Waals surface area contributed by atoms with Gasteiger partial charge in [0, 0.05) is 6.04 Å². The Kier molecular flexibility index (Phi) is 1.77. The van der Waals surface area contributed by atoms with E-state index in [1.807, 2.05) is 0 Å². The standard InChI is InChI=1S/C9H13N3O/c1-5(11)9(13)12-7(4-10)2-6-3-8(6)12/h5-8H,2-3,11H2,1H3/t5-,6+,7?,8-/m0/s1. The number of piperidine rings is 1. The average molecular weight is 179 g/mol. The van der Waals surface area contributed by atoms with Crippen molar-refractivity contribution in [1.29, 1.82) is 5.26 Å². The van der Waals surface area contributed by atoms with Crippen molar-refractivity contribution in [2.75, 3.05) is 0 Å². The van der Waals surface area contributed by atoms with Gasteiger partial charge in [-0.05, 0) is 25.7 Å². The normalized spacial score (nSPS) is 37.9. The molecule has 0 aromatic carbocycles. The highest BCUT2D eigenvalue weighted by atomic mass is 16.2. The molecule has 4 nitrogen and oxygen atoms in total. The summed E-state index contributed by atoms with van der Waals surface area (Å²) in [6.45, 7) is 1.67. The maximum atomic E-state index is 11.6. The molecule has 0 bridgehead atoms. The summed E-state index contributed by atoms with van der Waals surface area (Å²) in [7, 11) is 0. The van der Waals surface area contributed by atoms with Crippen LogP contribution in [0.1, 0.15) is 19.8 Å². The van der Waals surface area contributed by atoms with Crippen molar-refractivity contribution < 1.29 is 4.79 Å². The number of hydrogen-bond acceptors (Lipinski definition) is 3. The van der Waals surface area contributed by atoms with Crippen LogP contribution in [0.4, 0.5) is 0 Å². The molecule has 2 rings (SSSR count). The second-order valence-corrected chi connectivity index (χ2v) is 3.98. The Morgan fingerprint density at radius 3 is 2.92 bits per heavy atom. The van der Waals surface area contributed by atoms with Crippen LogP contribution >= 0.6 is 0 Å². The fourth-order valence-corrected chi connectivity index (χ4v) is 2.12. The van der Waals surface area contributed by atoms with Crippen LogP contribution in [0, 0.1) is 17.2 Å². The number of carbonyl (C=O) groups excluding carboxylic acids is 1. The number of hydrogen-bond donors (Lipinski definition) is 1. The molecule has 1 aliphatic heterocycles. The second kappa shape index (κ2) is 2.71. The molecule has 0 aromatic rings. The molecular weight excluding hydrogens is 166 g/mol. The third kappa shape index (κ3) is 1.20. The largest absolute Gasteiger partial charge is 0.322 e. The zero-order chi connectivity index (χ0) is 9.59. The van der Waals surface area contributed by atoms with Gasteiger partial charge in [0.05, 0.1) is 12.1 Å². The third-order valence-electron chi connectivity index (χ3n) is 2.90. The van der Waals surface area contributed by atoms with Crippen molar-refractivity contribution >= 4 is 5.91 Å². The molecule has 13 heavy (non-hydrogen) atoms. The van der Waals surface area contributed by atoms with Crippen LogP contribution in [-0.2, 0) is 4.79 Å². The fourth-order valence-electron chi connectivity index (χ4n) is 2.12. The molecule has 70 valence electrons. The summed E-state index contributed by atoms with van der Waals surface area (Å²) in [6.07, 6.45) is 1.91. The zero-order valence-corrected chi connectivity index (χ0v) is 7.60. The van der Waals surface area contributed by atoms with Crippen LogP contribution in [0.15, 0.2) is 0 Å². The van der Waals surface area contributed by atoms with E-state index in [9.17, 15) is 4.79 Å². The molecule has 2 fully saturated rings. The third-order valence-corrected chi connectivity index (χ3v) is 2.90. The summed E-state index contributed by atoms with van der Waals surface area (Å²) in [4.78, 5) is 13.3. The molecule has 0 radical (unpaired) electrons. The number of amides is 1. The van der Waals surface area contributed by atoms with Gasteiger partial charge in [0.15, 0.2) is 0 Å². The van der Waals surface area contributed by atoms with Crippen LogP contribution in [0.25, 0.3) is 0 Å². The first-order chi connectivity index (χ1) is 6.15. The predicted molar refractivity (Wildman–Crippen MR) is 46.4 cm³/mol. The number of nitrogens with two attached hydrogens (primary N) is 1. The number of nitriles is 1. The van der Waals surface area contributed by atoms with Crippen LogP contribution in [-0.4, -0.2) is 28.9 Å². The van der Waals surface area contributed by atoms with E-state index in [4.69, 9.17) is 11.0 Å². The highest BCUT2D eigenvalue weighted by Gasteiger charge is 2.54. The number of fused-ring (bicyclic) bond motifs is 1. The first-order valence-corrected chi connectivity index (χ1v) is 4.62. The van der Waals surface area contributed by atoms with Crippen molar-refractivity contribution in [2.24, 2.45) is 11.7 Å². The highest BCUT2D eigenvalue weighted by molar-refractivity contribution is 5.83. The molecule has 1 saturated heterocycles. The van der Waals surface area contributed by atoms with Gasteiger partial charge in [0.2, 0.25) is 5.91 Å². The molecule has 0 aromatic heterocycles. The minimum absolute atomic E-state index is 0.0726. The molecule has 1 unspecified atom stereocenters. The van der Waals surface area contributed by atoms with Crippen molar-refractivity contribution in [3.8, 4) is 6.07 Å². The maximum absolute atomic E-state index is 11.6. The van der Waals surface area contributed by atoms with Crippen molar-refractivity contribution in [3.63, 3.8) is 0 Å². The molecule has 1 saturated carbocycles. The summed E-state index contributed by atoms with van der Waals surface area (Å²) in [5, 5.41) is 8.82. The van der Waals surface area contributed by atoms with Gasteiger partial charge in [-0.3, -0.25) is 4.79 Å². The summed E-state index contributed by atoms with van der Waals surface area (Å²) in [5.74, 6) is 0.504. The monoisotopic (exact) mass is 179 g/mol. The first kappa shape index (κ1) is 8.52. The van der Waals surface area contributed by atoms with E-state index in [1.54, 1.807) is 11.8 Å². The Hall–Kier alpha value is -1.08. The lowest BCUT2D eigenvalue weighted by Gasteiger charge is -2.24. The summed E-state index contributed by atoms with van der Waals surface area (Å²) < 4.78 is 0. The summed E-state index contributed by atoms with van der Waals surface area (Å²) in [6, 6.07) is 1.79. The van der Waals surface area contributed by atoms with Crippen LogP contribution in [0.2, 0.25) is 0 Å². The van der Waals surface area contributed by atoms with E-state index in [1.165, 1.54) is 0 Å². The SMILES string of the molecule is C[C@H](N)C(=O)N1C(C#N)C[C@@H]2C[C@@H]21. The Labute approximate surface area is 77.3 Å². The van der Waals surface area contributed by atoms with Crippen LogP contribution < -0.4 is 5.73 Å². The molecule has 2 aliphatic rings. The minimum Gasteiger partial charge on any atom is -0.322 e. The lowest BCUT2D eigenvalue weighted by Crippen LogP contribution is -2.46. The molecule has 1 aliphatic carbocycles. The number of likely N-dealkylation sites (tertiary alicyclic amines) is 1. The molecule has 1 amide bonds. The van der Waals surface area contributed by atoms with Gasteiger partial charge in [-0.15, -0.1) is 0 Å². The van der Waals surface area contributed by atoms with Crippen LogP contribution in [0.3, 0.4) is 0 Å². The molecule has 0 spiro atoms. The predicted octanol–water partition coefficient (Wildman–Crippen LogP) is -0.153. The van der Waals surface area contributed by atoms with Crippen LogP contribution in [0.5, 0.6) is 0 Å². The molecule has 4 heteroatoms. The summed E-state index contributed by atoms with van der Waals surface area (Å²) >= 11 is 0. The highest BCUT2D eigenvalue weighted by Crippen LogP contribution is 2.47. The Balaban J connectivity index is 2.13. The molecular formula is C9H13N3O. The van der Waals surface area contributed by atoms with E-state index in [0.717, 1.165) is 12.8 Å². The minimum atomic E-state index is -0.477. The zero-order valence-electron chi connectivity index (χ0n) is 7.60. The van der Waals surface area contributed by atoms with E-state index >= 15 is 0 Å². The van der Waals surface area contributed by atoms with Gasteiger partial charge in [-0.1, -0.05) is 0 Å². The number of nitrogens with zero attached hydrogens (tertiary/aromatic N) is 2. The lowest BCUT2D eigenvalue weighted by atomic mass is 10.2. The fraction of sp³-hybridized carbons (Fsp3) is 0.778. The lowest BCUT2D eigenvalue weighted by molar-refractivity contribution is -0.133. The Bertz CT molecular complexity index is 281. The smallest absolute Gasteiger partial charge is 0.240 e. The quantitative estimate of drug-likeness (QED) is 0.608. The number of rotatable bonds is 1. The number of carbonyl (C=O) groups is 1. The van der Waals surface area contributed by atoms with Gasteiger partial charge in [-0.2, -0.15) is 5.26 Å². The van der Waals surface area contributed by atoms with E-state index in [0.29, 0.717) is 12.0 Å². The van der Waals surface area contributed by atoms with Crippen molar-refractivity contribution in [1.82, 2.24) is 4.90 Å². The van der Waals surface area contributed by atoms with Gasteiger partial charge >= 0.3 is 0 Å². The van der Waals surface area contributed by atoms with Gasteiger partial charge in [0.1, 0.15) is 6.04 Å². The van der Waals surface area contributed by atoms with E-state index in [2.05, 4.69) is 6.07 Å². The Morgan fingerprint density at radius 2 is 2.38 bits per heavy atom.